The number of hydrogen-bond donors (Lipinski definition) is 0. The highest BCUT2D eigenvalue weighted by atomic mass is 32.2. The third-order valence-electron chi connectivity index (χ3n) is 1.27. The molecule has 4 heteroatoms. The fourth-order valence-corrected chi connectivity index (χ4v) is 0.993. The lowest BCUT2D eigenvalue weighted by Crippen LogP contribution is -2.22. The Hall–Kier alpha value is 0.0700. The minimum atomic E-state index is -2.29. The van der Waals surface area contributed by atoms with Crippen molar-refractivity contribution in [3.63, 3.8) is 0 Å². The zero-order chi connectivity index (χ0) is 5.98. The predicted molar refractivity (Wildman–Crippen MR) is 27.6 cm³/mol. The van der Waals surface area contributed by atoms with Crippen molar-refractivity contribution in [2.24, 2.45) is 0 Å². The van der Waals surface area contributed by atoms with Crippen LogP contribution in [0, 0.1) is 0 Å². The molecular weight excluding hydrogens is 128 g/mol. The first-order valence-electron chi connectivity index (χ1n) is 2.55. The van der Waals surface area contributed by atoms with E-state index < -0.39 is 11.4 Å². The van der Waals surface area contributed by atoms with E-state index in [4.69, 9.17) is 0 Å². The molecule has 0 radical (unpaired) electrons. The quantitative estimate of drug-likeness (QED) is 0.513. The van der Waals surface area contributed by atoms with Crippen molar-refractivity contribution >= 4 is 11.4 Å². The molecule has 1 aliphatic rings. The van der Waals surface area contributed by atoms with E-state index in [0.717, 1.165) is 19.3 Å². The normalized spacial score (nSPS) is 24.6. The lowest BCUT2D eigenvalue weighted by Gasteiger charge is -2.25. The van der Waals surface area contributed by atoms with Crippen LogP contribution in [0.1, 0.15) is 19.3 Å². The molecule has 0 N–H and O–H groups in total. The van der Waals surface area contributed by atoms with E-state index in [1.54, 1.807) is 0 Å². The fourth-order valence-electron chi connectivity index (χ4n) is 0.578. The monoisotopic (exact) mass is 135 g/mol. The molecule has 1 aliphatic carbocycles. The Balaban J connectivity index is 2.09. The van der Waals surface area contributed by atoms with Crippen molar-refractivity contribution in [3.05, 3.63) is 0 Å². The van der Waals surface area contributed by atoms with Gasteiger partial charge in [-0.2, -0.15) is 0 Å². The summed E-state index contributed by atoms with van der Waals surface area (Å²) in [7, 11) is 0. The van der Waals surface area contributed by atoms with E-state index >= 15 is 0 Å². The van der Waals surface area contributed by atoms with E-state index in [1.165, 1.54) is 0 Å². The SMILES string of the molecule is O=S([O-])OC1CCC1. The number of hydrogen-bond acceptors (Lipinski definition) is 3. The van der Waals surface area contributed by atoms with Crippen molar-refractivity contribution in [2.45, 2.75) is 25.4 Å². The van der Waals surface area contributed by atoms with Crippen LogP contribution < -0.4 is 0 Å². The lowest BCUT2D eigenvalue weighted by molar-refractivity contribution is 0.123. The maximum absolute atomic E-state index is 9.78. The van der Waals surface area contributed by atoms with Crippen molar-refractivity contribution < 1.29 is 12.9 Å². The summed E-state index contributed by atoms with van der Waals surface area (Å²) in [5.41, 5.74) is 0. The van der Waals surface area contributed by atoms with Gasteiger partial charge in [0.2, 0.25) is 0 Å². The van der Waals surface area contributed by atoms with Crippen LogP contribution in [0.15, 0.2) is 0 Å². The first-order valence-corrected chi connectivity index (χ1v) is 3.55. The van der Waals surface area contributed by atoms with Gasteiger partial charge in [-0.05, 0) is 19.3 Å². The molecular formula is C4H7O3S-. The average Bonchev–Trinajstić information content (AvgIpc) is 1.55. The second kappa shape index (κ2) is 2.57. The van der Waals surface area contributed by atoms with Gasteiger partial charge >= 0.3 is 0 Å². The van der Waals surface area contributed by atoms with Gasteiger partial charge in [-0.1, -0.05) is 0 Å². The highest BCUT2D eigenvalue weighted by Crippen LogP contribution is 2.22. The topological polar surface area (TPSA) is 49.4 Å². The van der Waals surface area contributed by atoms with Gasteiger partial charge in [-0.15, -0.1) is 0 Å². The summed E-state index contributed by atoms with van der Waals surface area (Å²) in [6.45, 7) is 0. The van der Waals surface area contributed by atoms with Gasteiger partial charge in [-0.3, -0.25) is 4.18 Å². The summed E-state index contributed by atoms with van der Waals surface area (Å²) in [6.07, 6.45) is 2.89. The molecule has 0 spiro atoms. The minimum Gasteiger partial charge on any atom is -0.750 e. The van der Waals surface area contributed by atoms with Crippen LogP contribution in [0.2, 0.25) is 0 Å². The zero-order valence-corrected chi connectivity index (χ0v) is 5.15. The molecule has 1 atom stereocenters. The van der Waals surface area contributed by atoms with E-state index in [0.29, 0.717) is 0 Å². The van der Waals surface area contributed by atoms with Crippen molar-refractivity contribution in [2.75, 3.05) is 0 Å². The highest BCUT2D eigenvalue weighted by Gasteiger charge is 2.17. The van der Waals surface area contributed by atoms with Crippen LogP contribution in [0.25, 0.3) is 0 Å². The fraction of sp³-hybridized carbons (Fsp3) is 1.00. The van der Waals surface area contributed by atoms with Gasteiger partial charge in [0, 0.05) is 0 Å². The smallest absolute Gasteiger partial charge is 0.0844 e. The molecule has 0 bridgehead atoms. The van der Waals surface area contributed by atoms with E-state index in [1.807, 2.05) is 0 Å². The third kappa shape index (κ3) is 1.54. The first-order chi connectivity index (χ1) is 3.79. The standard InChI is InChI=1S/C4H8O3S/c5-8(6)7-4-2-1-3-4/h4H,1-3H2,(H,5,6)/p-1. The Morgan fingerprint density at radius 3 is 2.38 bits per heavy atom. The van der Waals surface area contributed by atoms with Gasteiger partial charge in [0.1, 0.15) is 0 Å². The summed E-state index contributed by atoms with van der Waals surface area (Å²) in [6, 6.07) is 0. The molecule has 0 aromatic rings. The maximum Gasteiger partial charge on any atom is 0.0844 e. The molecule has 0 saturated heterocycles. The largest absolute Gasteiger partial charge is 0.750 e. The Morgan fingerprint density at radius 2 is 2.25 bits per heavy atom. The summed E-state index contributed by atoms with van der Waals surface area (Å²) in [5.74, 6) is 0. The molecule has 1 saturated carbocycles. The summed E-state index contributed by atoms with van der Waals surface area (Å²) in [4.78, 5) is 0. The average molecular weight is 135 g/mol. The van der Waals surface area contributed by atoms with Crippen molar-refractivity contribution in [3.8, 4) is 0 Å². The van der Waals surface area contributed by atoms with Gasteiger partial charge in [0.15, 0.2) is 0 Å². The minimum absolute atomic E-state index is 0.00617. The highest BCUT2D eigenvalue weighted by molar-refractivity contribution is 7.74. The number of rotatable bonds is 2. The van der Waals surface area contributed by atoms with Crippen LogP contribution in [0.5, 0.6) is 0 Å². The second-order valence-corrected chi connectivity index (χ2v) is 2.45. The molecule has 0 aliphatic heterocycles. The molecule has 8 heavy (non-hydrogen) atoms. The molecule has 0 heterocycles. The van der Waals surface area contributed by atoms with E-state index in [2.05, 4.69) is 4.18 Å². The summed E-state index contributed by atoms with van der Waals surface area (Å²) in [5, 5.41) is 0. The van der Waals surface area contributed by atoms with E-state index in [-0.39, 0.29) is 6.10 Å². The van der Waals surface area contributed by atoms with Gasteiger partial charge < -0.3 is 4.55 Å². The van der Waals surface area contributed by atoms with Crippen LogP contribution in [-0.4, -0.2) is 14.9 Å². The lowest BCUT2D eigenvalue weighted by atomic mass is 9.97. The zero-order valence-electron chi connectivity index (χ0n) is 4.33. The van der Waals surface area contributed by atoms with E-state index in [9.17, 15) is 8.76 Å². The van der Waals surface area contributed by atoms with Gasteiger partial charge in [0.05, 0.1) is 17.5 Å². The Kier molecular flexibility index (Phi) is 1.99. The van der Waals surface area contributed by atoms with Gasteiger partial charge in [-0.25, -0.2) is 4.21 Å². The Labute approximate surface area is 50.5 Å². The van der Waals surface area contributed by atoms with Crippen molar-refractivity contribution in [1.29, 1.82) is 0 Å². The second-order valence-electron chi connectivity index (χ2n) is 1.85. The Morgan fingerprint density at radius 1 is 1.62 bits per heavy atom. The predicted octanol–water partition coefficient (Wildman–Crippen LogP) is 0.350. The first kappa shape index (κ1) is 6.19. The molecule has 48 valence electrons. The Bertz CT molecular complexity index is 99.5. The maximum atomic E-state index is 9.78. The van der Waals surface area contributed by atoms with Crippen LogP contribution in [0.4, 0.5) is 0 Å². The van der Waals surface area contributed by atoms with Crippen molar-refractivity contribution in [1.82, 2.24) is 0 Å². The molecule has 3 nitrogen and oxygen atoms in total. The van der Waals surface area contributed by atoms with Gasteiger partial charge in [0.25, 0.3) is 0 Å². The summed E-state index contributed by atoms with van der Waals surface area (Å²) < 4.78 is 24.0. The van der Waals surface area contributed by atoms with Crippen LogP contribution >= 0.6 is 0 Å². The molecule has 0 aromatic carbocycles. The summed E-state index contributed by atoms with van der Waals surface area (Å²) >= 11 is -2.29. The van der Waals surface area contributed by atoms with Crippen LogP contribution in [0.3, 0.4) is 0 Å². The van der Waals surface area contributed by atoms with Crippen LogP contribution in [-0.2, 0) is 15.5 Å². The molecule has 0 aromatic heterocycles. The molecule has 1 rings (SSSR count). The third-order valence-corrected chi connectivity index (χ3v) is 1.70. The molecule has 1 unspecified atom stereocenters. The molecule has 0 amide bonds. The molecule has 1 fully saturated rings.